The SMILES string of the molecule is O=C(c1cc(=O)[nH]c(=O)[nH]1)N1CCN(c2ccc(C(F)(F)F)cc2)CC1. The molecule has 138 valence electrons. The number of alkyl halides is 3. The van der Waals surface area contributed by atoms with Gasteiger partial charge < -0.3 is 14.8 Å². The van der Waals surface area contributed by atoms with E-state index in [0.29, 0.717) is 31.9 Å². The van der Waals surface area contributed by atoms with Crippen LogP contribution in [-0.4, -0.2) is 47.0 Å². The fourth-order valence-corrected chi connectivity index (χ4v) is 2.78. The Kier molecular flexibility index (Phi) is 4.58. The van der Waals surface area contributed by atoms with Crippen molar-refractivity contribution in [3.05, 3.63) is 62.4 Å². The van der Waals surface area contributed by atoms with Gasteiger partial charge in [0.15, 0.2) is 0 Å². The molecule has 7 nitrogen and oxygen atoms in total. The lowest BCUT2D eigenvalue weighted by atomic mass is 10.1. The van der Waals surface area contributed by atoms with E-state index in [0.717, 1.165) is 18.2 Å². The lowest BCUT2D eigenvalue weighted by Crippen LogP contribution is -2.49. The summed E-state index contributed by atoms with van der Waals surface area (Å²) < 4.78 is 37.8. The summed E-state index contributed by atoms with van der Waals surface area (Å²) in [7, 11) is 0. The molecule has 1 aliphatic heterocycles. The predicted molar refractivity (Wildman–Crippen MR) is 87.2 cm³/mol. The zero-order chi connectivity index (χ0) is 18.9. The molecule has 10 heteroatoms. The number of carbonyl (C=O) groups excluding carboxylic acids is 1. The molecule has 1 amide bonds. The highest BCUT2D eigenvalue weighted by Crippen LogP contribution is 2.30. The average Bonchev–Trinajstić information content (AvgIpc) is 2.60. The maximum Gasteiger partial charge on any atom is 0.416 e. The van der Waals surface area contributed by atoms with E-state index in [9.17, 15) is 27.6 Å². The van der Waals surface area contributed by atoms with Crippen LogP contribution in [-0.2, 0) is 6.18 Å². The molecule has 1 aliphatic rings. The summed E-state index contributed by atoms with van der Waals surface area (Å²) in [6, 6.07) is 5.86. The van der Waals surface area contributed by atoms with Gasteiger partial charge in [-0.05, 0) is 24.3 Å². The third kappa shape index (κ3) is 3.79. The minimum absolute atomic E-state index is 0.0956. The number of anilines is 1. The Hall–Kier alpha value is -3.04. The van der Waals surface area contributed by atoms with E-state index in [2.05, 4.69) is 4.98 Å². The summed E-state index contributed by atoms with van der Waals surface area (Å²) in [5, 5.41) is 0. The first kappa shape index (κ1) is 17.8. The van der Waals surface area contributed by atoms with Gasteiger partial charge in [-0.15, -0.1) is 0 Å². The van der Waals surface area contributed by atoms with Gasteiger partial charge in [0.1, 0.15) is 5.69 Å². The fraction of sp³-hybridized carbons (Fsp3) is 0.312. The number of piperazine rings is 1. The Balaban J connectivity index is 1.66. The number of hydrogen-bond donors (Lipinski definition) is 2. The fourth-order valence-electron chi connectivity index (χ4n) is 2.78. The van der Waals surface area contributed by atoms with Crippen molar-refractivity contribution in [1.82, 2.24) is 14.9 Å². The maximum atomic E-state index is 12.6. The first-order valence-electron chi connectivity index (χ1n) is 7.79. The number of aromatic amines is 2. The van der Waals surface area contributed by atoms with Crippen LogP contribution in [0, 0.1) is 0 Å². The number of amides is 1. The Morgan fingerprint density at radius 2 is 1.58 bits per heavy atom. The molecule has 0 atom stereocenters. The summed E-state index contributed by atoms with van der Waals surface area (Å²) in [6.45, 7) is 1.47. The van der Waals surface area contributed by atoms with Crippen molar-refractivity contribution in [3.63, 3.8) is 0 Å². The molecule has 0 radical (unpaired) electrons. The van der Waals surface area contributed by atoms with Crippen LogP contribution in [0.4, 0.5) is 18.9 Å². The molecule has 1 aromatic carbocycles. The maximum absolute atomic E-state index is 12.6. The second kappa shape index (κ2) is 6.70. The van der Waals surface area contributed by atoms with Crippen LogP contribution in [0.1, 0.15) is 16.1 Å². The van der Waals surface area contributed by atoms with Gasteiger partial charge in [-0.25, -0.2) is 4.79 Å². The Morgan fingerprint density at radius 3 is 2.12 bits per heavy atom. The van der Waals surface area contributed by atoms with Gasteiger partial charge in [-0.3, -0.25) is 14.6 Å². The van der Waals surface area contributed by atoms with Crippen molar-refractivity contribution in [2.24, 2.45) is 0 Å². The van der Waals surface area contributed by atoms with Gasteiger partial charge in [0.2, 0.25) is 0 Å². The van der Waals surface area contributed by atoms with Crippen LogP contribution in [0.5, 0.6) is 0 Å². The third-order valence-electron chi connectivity index (χ3n) is 4.12. The lowest BCUT2D eigenvalue weighted by Gasteiger charge is -2.36. The lowest BCUT2D eigenvalue weighted by molar-refractivity contribution is -0.137. The minimum atomic E-state index is -4.38. The van der Waals surface area contributed by atoms with E-state index in [1.807, 2.05) is 9.88 Å². The number of carbonyl (C=O) groups is 1. The van der Waals surface area contributed by atoms with Crippen molar-refractivity contribution >= 4 is 11.6 Å². The smallest absolute Gasteiger partial charge is 0.368 e. The third-order valence-corrected chi connectivity index (χ3v) is 4.12. The molecular formula is C16H15F3N4O3. The van der Waals surface area contributed by atoms with E-state index < -0.39 is 28.9 Å². The number of nitrogens with one attached hydrogen (secondary N) is 2. The highest BCUT2D eigenvalue weighted by Gasteiger charge is 2.30. The average molecular weight is 368 g/mol. The van der Waals surface area contributed by atoms with Crippen LogP contribution in [0.25, 0.3) is 0 Å². The Morgan fingerprint density at radius 1 is 0.962 bits per heavy atom. The van der Waals surface area contributed by atoms with Gasteiger partial charge in [0.05, 0.1) is 5.56 Å². The second-order valence-electron chi connectivity index (χ2n) is 5.83. The molecule has 1 saturated heterocycles. The molecule has 0 unspecified atom stereocenters. The molecule has 0 bridgehead atoms. The normalized spacial score (nSPS) is 15.2. The number of hydrogen-bond acceptors (Lipinski definition) is 4. The van der Waals surface area contributed by atoms with E-state index in [-0.39, 0.29) is 5.69 Å². The number of benzene rings is 1. The monoisotopic (exact) mass is 368 g/mol. The van der Waals surface area contributed by atoms with E-state index >= 15 is 0 Å². The number of aromatic nitrogens is 2. The van der Waals surface area contributed by atoms with Crippen LogP contribution < -0.4 is 16.1 Å². The van der Waals surface area contributed by atoms with Gasteiger partial charge in [-0.1, -0.05) is 0 Å². The highest BCUT2D eigenvalue weighted by atomic mass is 19.4. The largest absolute Gasteiger partial charge is 0.416 e. The zero-order valence-electron chi connectivity index (χ0n) is 13.5. The van der Waals surface area contributed by atoms with Crippen LogP contribution in [0.2, 0.25) is 0 Å². The van der Waals surface area contributed by atoms with Crippen LogP contribution in [0.15, 0.2) is 39.9 Å². The summed E-state index contributed by atoms with van der Waals surface area (Å²) >= 11 is 0. The summed E-state index contributed by atoms with van der Waals surface area (Å²) in [5.41, 5.74) is -1.60. The van der Waals surface area contributed by atoms with Gasteiger partial charge in [0, 0.05) is 37.9 Å². The van der Waals surface area contributed by atoms with Crippen molar-refractivity contribution in [3.8, 4) is 0 Å². The van der Waals surface area contributed by atoms with E-state index in [4.69, 9.17) is 0 Å². The second-order valence-corrected chi connectivity index (χ2v) is 5.83. The molecule has 2 aromatic rings. The molecule has 2 N–H and O–H groups in total. The quantitative estimate of drug-likeness (QED) is 0.829. The van der Waals surface area contributed by atoms with Crippen LogP contribution in [0.3, 0.4) is 0 Å². The zero-order valence-corrected chi connectivity index (χ0v) is 13.5. The minimum Gasteiger partial charge on any atom is -0.368 e. The summed E-state index contributed by atoms with van der Waals surface area (Å²) in [6.07, 6.45) is -4.38. The van der Waals surface area contributed by atoms with E-state index in [1.165, 1.54) is 17.0 Å². The van der Waals surface area contributed by atoms with E-state index in [1.54, 1.807) is 0 Å². The molecular weight excluding hydrogens is 353 g/mol. The molecule has 1 fully saturated rings. The predicted octanol–water partition coefficient (Wildman–Crippen LogP) is 1.04. The molecule has 26 heavy (non-hydrogen) atoms. The van der Waals surface area contributed by atoms with Crippen molar-refractivity contribution in [1.29, 1.82) is 0 Å². The topological polar surface area (TPSA) is 89.3 Å². The Bertz CT molecular complexity index is 882. The molecule has 2 heterocycles. The summed E-state index contributed by atoms with van der Waals surface area (Å²) in [5.74, 6) is -0.472. The Labute approximate surface area is 145 Å². The highest BCUT2D eigenvalue weighted by molar-refractivity contribution is 5.92. The van der Waals surface area contributed by atoms with Crippen LogP contribution >= 0.6 is 0 Å². The van der Waals surface area contributed by atoms with Gasteiger partial charge in [-0.2, -0.15) is 13.2 Å². The molecule has 0 saturated carbocycles. The van der Waals surface area contributed by atoms with Crippen molar-refractivity contribution < 1.29 is 18.0 Å². The van der Waals surface area contributed by atoms with Gasteiger partial charge in [0.25, 0.3) is 11.5 Å². The number of rotatable bonds is 2. The molecule has 3 rings (SSSR count). The first-order valence-corrected chi connectivity index (χ1v) is 7.79. The number of nitrogens with zero attached hydrogens (tertiary/aromatic N) is 2. The summed E-state index contributed by atoms with van der Waals surface area (Å²) in [4.78, 5) is 42.5. The standard InChI is InChI=1S/C16H15F3N4O3/c17-16(18,19)10-1-3-11(4-2-10)22-5-7-23(8-6-22)14(25)12-9-13(24)21-15(26)20-12/h1-4,9H,5-8H2,(H2,20,21,24,26). The molecule has 1 aromatic heterocycles. The molecule has 0 spiro atoms. The number of halogens is 3. The molecule has 0 aliphatic carbocycles. The van der Waals surface area contributed by atoms with Gasteiger partial charge >= 0.3 is 11.9 Å². The number of H-pyrrole nitrogens is 2. The van der Waals surface area contributed by atoms with Crippen molar-refractivity contribution in [2.75, 3.05) is 31.1 Å². The van der Waals surface area contributed by atoms with Crippen molar-refractivity contribution in [2.45, 2.75) is 6.18 Å². The first-order chi connectivity index (χ1) is 12.2.